The molecular formula is C24H26FN5O2S. The number of fused-ring (bicyclic) bond motifs is 1. The Kier molecular flexibility index (Phi) is 5.76. The molecule has 1 aliphatic rings. The summed E-state index contributed by atoms with van der Waals surface area (Å²) in [4.78, 5) is 15.7. The SMILES string of the molecule is COc1cccc(-c2sc3nc(-c4nccn4C)nc(N[C@@H]4CC[C@H](CO)C4)c3c2C)c1F. The molecule has 2 atom stereocenters. The molecule has 1 fully saturated rings. The van der Waals surface area contributed by atoms with Crippen molar-refractivity contribution in [1.29, 1.82) is 0 Å². The number of aliphatic hydroxyl groups is 1. The van der Waals surface area contributed by atoms with E-state index in [0.717, 1.165) is 45.7 Å². The van der Waals surface area contributed by atoms with Crippen molar-refractivity contribution >= 4 is 27.4 Å². The predicted octanol–water partition coefficient (Wildman–Crippen LogP) is 4.79. The van der Waals surface area contributed by atoms with Gasteiger partial charge in [0.1, 0.15) is 10.6 Å². The van der Waals surface area contributed by atoms with Crippen LogP contribution in [0.1, 0.15) is 24.8 Å². The zero-order chi connectivity index (χ0) is 23.1. The molecule has 0 amide bonds. The summed E-state index contributed by atoms with van der Waals surface area (Å²) in [5, 5.41) is 14.0. The van der Waals surface area contributed by atoms with E-state index >= 15 is 4.39 Å². The zero-order valence-electron chi connectivity index (χ0n) is 18.8. The van der Waals surface area contributed by atoms with Crippen LogP contribution in [0.4, 0.5) is 10.2 Å². The highest BCUT2D eigenvalue weighted by atomic mass is 32.1. The molecule has 0 unspecified atom stereocenters. The molecule has 7 nitrogen and oxygen atoms in total. The fourth-order valence-electron chi connectivity index (χ4n) is 4.59. The topological polar surface area (TPSA) is 85.1 Å². The van der Waals surface area contributed by atoms with Crippen molar-refractivity contribution in [2.24, 2.45) is 13.0 Å². The molecule has 0 radical (unpaired) electrons. The van der Waals surface area contributed by atoms with Crippen LogP contribution in [0.3, 0.4) is 0 Å². The second-order valence-electron chi connectivity index (χ2n) is 8.52. The minimum absolute atomic E-state index is 0.201. The Labute approximate surface area is 195 Å². The molecule has 4 aromatic rings. The Morgan fingerprint density at radius 3 is 2.85 bits per heavy atom. The molecule has 3 heterocycles. The number of aliphatic hydroxyl groups excluding tert-OH is 1. The van der Waals surface area contributed by atoms with Gasteiger partial charge in [-0.05, 0) is 43.7 Å². The Morgan fingerprint density at radius 2 is 2.15 bits per heavy atom. The molecule has 172 valence electrons. The van der Waals surface area contributed by atoms with Crippen molar-refractivity contribution in [3.8, 4) is 27.8 Å². The first kappa shape index (κ1) is 21.8. The monoisotopic (exact) mass is 467 g/mol. The van der Waals surface area contributed by atoms with Crippen molar-refractivity contribution in [2.45, 2.75) is 32.2 Å². The zero-order valence-corrected chi connectivity index (χ0v) is 19.6. The Balaban J connectivity index is 1.67. The number of hydrogen-bond acceptors (Lipinski definition) is 7. The molecule has 1 aromatic carbocycles. The van der Waals surface area contributed by atoms with E-state index < -0.39 is 0 Å². The number of benzene rings is 1. The van der Waals surface area contributed by atoms with Gasteiger partial charge in [-0.3, -0.25) is 0 Å². The first-order valence-corrected chi connectivity index (χ1v) is 11.8. The quantitative estimate of drug-likeness (QED) is 0.424. The standard InChI is InChI=1S/C24H26FN5O2S/c1-13-18-21(27-15-8-7-14(11-15)12-31)28-22(23-26-9-10-30(23)2)29-24(18)33-20(13)16-5-4-6-17(32-3)19(16)25/h4-6,9-10,14-15,31H,7-8,11-12H2,1-3H3,(H,27,28,29)/t14-,15+/m0/s1. The van der Waals surface area contributed by atoms with Gasteiger partial charge in [-0.25, -0.2) is 19.3 Å². The van der Waals surface area contributed by atoms with Crippen LogP contribution in [0, 0.1) is 18.7 Å². The van der Waals surface area contributed by atoms with E-state index in [9.17, 15) is 5.11 Å². The molecule has 3 aromatic heterocycles. The molecule has 0 spiro atoms. The second kappa shape index (κ2) is 8.72. The predicted molar refractivity (Wildman–Crippen MR) is 128 cm³/mol. The maximum absolute atomic E-state index is 15.1. The van der Waals surface area contributed by atoms with Crippen LogP contribution in [-0.2, 0) is 7.05 Å². The van der Waals surface area contributed by atoms with Crippen molar-refractivity contribution in [3.63, 3.8) is 0 Å². The number of nitrogens with one attached hydrogen (secondary N) is 1. The third-order valence-electron chi connectivity index (χ3n) is 6.38. The molecule has 1 aliphatic carbocycles. The Morgan fingerprint density at radius 1 is 1.30 bits per heavy atom. The van der Waals surface area contributed by atoms with Crippen molar-refractivity contribution in [3.05, 3.63) is 42.0 Å². The van der Waals surface area contributed by atoms with Gasteiger partial charge in [0.15, 0.2) is 23.2 Å². The van der Waals surface area contributed by atoms with Gasteiger partial charge >= 0.3 is 0 Å². The summed E-state index contributed by atoms with van der Waals surface area (Å²) in [6.07, 6.45) is 6.41. The fourth-order valence-corrected chi connectivity index (χ4v) is 5.79. The first-order valence-electron chi connectivity index (χ1n) is 11.0. The van der Waals surface area contributed by atoms with Crippen molar-refractivity contribution in [2.75, 3.05) is 19.0 Å². The van der Waals surface area contributed by atoms with E-state index in [1.807, 2.05) is 24.7 Å². The maximum Gasteiger partial charge on any atom is 0.199 e. The van der Waals surface area contributed by atoms with Gasteiger partial charge in [-0.1, -0.05) is 12.1 Å². The molecule has 9 heteroatoms. The highest BCUT2D eigenvalue weighted by Crippen LogP contribution is 2.43. The normalized spacial score (nSPS) is 18.2. The third kappa shape index (κ3) is 3.85. The first-order chi connectivity index (χ1) is 16.0. The highest BCUT2D eigenvalue weighted by Gasteiger charge is 2.27. The molecule has 0 saturated heterocycles. The second-order valence-corrected chi connectivity index (χ2v) is 9.52. The number of imidazole rings is 1. The van der Waals surface area contributed by atoms with E-state index in [4.69, 9.17) is 14.7 Å². The number of hydrogen-bond donors (Lipinski definition) is 2. The van der Waals surface area contributed by atoms with Crippen LogP contribution in [0.5, 0.6) is 5.75 Å². The molecule has 0 aliphatic heterocycles. The van der Waals surface area contributed by atoms with Crippen LogP contribution in [0.15, 0.2) is 30.6 Å². The summed E-state index contributed by atoms with van der Waals surface area (Å²) in [6, 6.07) is 5.38. The minimum Gasteiger partial charge on any atom is -0.494 e. The van der Waals surface area contributed by atoms with Gasteiger partial charge < -0.3 is 19.7 Å². The lowest BCUT2D eigenvalue weighted by Crippen LogP contribution is -2.18. The minimum atomic E-state index is -0.386. The summed E-state index contributed by atoms with van der Waals surface area (Å²) in [5.41, 5.74) is 1.41. The van der Waals surface area contributed by atoms with Crippen LogP contribution in [0.2, 0.25) is 0 Å². The number of aromatic nitrogens is 4. The van der Waals surface area contributed by atoms with Crippen LogP contribution >= 0.6 is 11.3 Å². The molecule has 1 saturated carbocycles. The van der Waals surface area contributed by atoms with E-state index in [1.54, 1.807) is 24.4 Å². The lowest BCUT2D eigenvalue weighted by Gasteiger charge is -2.15. The highest BCUT2D eigenvalue weighted by molar-refractivity contribution is 7.22. The number of rotatable bonds is 6. The summed E-state index contributed by atoms with van der Waals surface area (Å²) >= 11 is 1.44. The molecule has 2 N–H and O–H groups in total. The van der Waals surface area contributed by atoms with E-state index in [0.29, 0.717) is 23.1 Å². The molecular weight excluding hydrogens is 441 g/mol. The smallest absolute Gasteiger partial charge is 0.199 e. The lowest BCUT2D eigenvalue weighted by atomic mass is 10.1. The Hall–Kier alpha value is -3.04. The van der Waals surface area contributed by atoms with Gasteiger partial charge in [0.05, 0.1) is 12.5 Å². The molecule has 33 heavy (non-hydrogen) atoms. The Bertz CT molecular complexity index is 1320. The van der Waals surface area contributed by atoms with E-state index in [-0.39, 0.29) is 24.2 Å². The number of aryl methyl sites for hydroxylation is 2. The van der Waals surface area contributed by atoms with E-state index in [2.05, 4.69) is 10.3 Å². The summed E-state index contributed by atoms with van der Waals surface area (Å²) in [5.74, 6) is 2.04. The number of thiophene rings is 1. The van der Waals surface area contributed by atoms with Gasteiger partial charge in [-0.2, -0.15) is 0 Å². The van der Waals surface area contributed by atoms with Crippen molar-refractivity contribution < 1.29 is 14.2 Å². The van der Waals surface area contributed by atoms with Crippen molar-refractivity contribution in [1.82, 2.24) is 19.5 Å². The summed E-state index contributed by atoms with van der Waals surface area (Å²) in [7, 11) is 3.37. The number of methoxy groups -OCH3 is 1. The maximum atomic E-state index is 15.1. The fraction of sp³-hybridized carbons (Fsp3) is 0.375. The van der Waals surface area contributed by atoms with Crippen LogP contribution in [0.25, 0.3) is 32.3 Å². The number of nitrogens with zero attached hydrogens (tertiary/aromatic N) is 4. The molecule has 5 rings (SSSR count). The average molecular weight is 468 g/mol. The number of ether oxygens (including phenoxy) is 1. The lowest BCUT2D eigenvalue weighted by molar-refractivity contribution is 0.229. The summed E-state index contributed by atoms with van der Waals surface area (Å²) in [6.45, 7) is 2.18. The number of halogens is 1. The van der Waals surface area contributed by atoms with Gasteiger partial charge in [0.25, 0.3) is 0 Å². The third-order valence-corrected chi connectivity index (χ3v) is 7.60. The molecule has 0 bridgehead atoms. The van der Waals surface area contributed by atoms with Crippen LogP contribution in [-0.4, -0.2) is 44.4 Å². The van der Waals surface area contributed by atoms with Gasteiger partial charge in [-0.15, -0.1) is 11.3 Å². The van der Waals surface area contributed by atoms with Crippen LogP contribution < -0.4 is 10.1 Å². The summed E-state index contributed by atoms with van der Waals surface area (Å²) < 4.78 is 22.2. The van der Waals surface area contributed by atoms with Gasteiger partial charge in [0.2, 0.25) is 0 Å². The number of anilines is 1. The van der Waals surface area contributed by atoms with Gasteiger partial charge in [0, 0.05) is 42.5 Å². The van der Waals surface area contributed by atoms with E-state index in [1.165, 1.54) is 18.4 Å². The average Bonchev–Trinajstić information content (AvgIpc) is 3.53. The largest absolute Gasteiger partial charge is 0.494 e.